The largest absolute Gasteiger partial charge is 0.497 e. The van der Waals surface area contributed by atoms with Crippen LogP contribution in [0.3, 0.4) is 0 Å². The molecule has 3 heterocycles. The number of aromatic nitrogens is 2. The molecule has 0 spiro atoms. The van der Waals surface area contributed by atoms with Crippen LogP contribution in [0, 0.1) is 0 Å². The standard InChI is InChI=1S/C22H21N3O5S/c1-27-15-11-14(12-16(13-15)28-2)23-19(26)7-10-31-22-24-20(17-5-3-8-29-17)21(25-22)18-6-4-9-30-18/h3-6,8-9,11-13H,7,10H2,1-2H3,(H,23,26)(H,24,25). The summed E-state index contributed by atoms with van der Waals surface area (Å²) in [7, 11) is 3.13. The van der Waals surface area contributed by atoms with Crippen LogP contribution in [0.1, 0.15) is 6.42 Å². The van der Waals surface area contributed by atoms with Crippen molar-refractivity contribution in [2.75, 3.05) is 25.3 Å². The molecule has 0 atom stereocenters. The Hall–Kier alpha value is -3.59. The fourth-order valence-electron chi connectivity index (χ4n) is 2.95. The van der Waals surface area contributed by atoms with Crippen LogP contribution >= 0.6 is 11.8 Å². The number of ether oxygens (including phenoxy) is 2. The highest BCUT2D eigenvalue weighted by Gasteiger charge is 2.18. The predicted molar refractivity (Wildman–Crippen MR) is 118 cm³/mol. The molecular formula is C22H21N3O5S. The molecule has 4 aromatic rings. The molecule has 3 aromatic heterocycles. The van der Waals surface area contributed by atoms with E-state index in [2.05, 4.69) is 15.3 Å². The molecule has 0 radical (unpaired) electrons. The van der Waals surface area contributed by atoms with E-state index in [1.165, 1.54) is 11.8 Å². The number of nitrogens with one attached hydrogen (secondary N) is 2. The number of anilines is 1. The van der Waals surface area contributed by atoms with Crippen LogP contribution in [-0.4, -0.2) is 35.8 Å². The second-order valence-corrected chi connectivity index (χ2v) is 7.55. The summed E-state index contributed by atoms with van der Waals surface area (Å²) in [5, 5.41) is 3.54. The van der Waals surface area contributed by atoms with Crippen molar-refractivity contribution in [3.63, 3.8) is 0 Å². The summed E-state index contributed by atoms with van der Waals surface area (Å²) in [6, 6.07) is 12.5. The molecule has 0 saturated heterocycles. The smallest absolute Gasteiger partial charge is 0.225 e. The lowest BCUT2D eigenvalue weighted by molar-refractivity contribution is -0.115. The first-order chi connectivity index (χ1) is 15.2. The summed E-state index contributed by atoms with van der Waals surface area (Å²) in [4.78, 5) is 20.3. The number of hydrogen-bond acceptors (Lipinski definition) is 7. The maximum atomic E-state index is 12.4. The van der Waals surface area contributed by atoms with Gasteiger partial charge in [-0.15, -0.1) is 0 Å². The molecule has 0 aliphatic heterocycles. The number of amides is 1. The Kier molecular flexibility index (Phi) is 6.32. The van der Waals surface area contributed by atoms with Crippen LogP contribution < -0.4 is 14.8 Å². The minimum Gasteiger partial charge on any atom is -0.497 e. The van der Waals surface area contributed by atoms with Crippen LogP contribution in [0.5, 0.6) is 11.5 Å². The Morgan fingerprint density at radius 2 is 1.74 bits per heavy atom. The maximum absolute atomic E-state index is 12.4. The van der Waals surface area contributed by atoms with Crippen molar-refractivity contribution in [1.82, 2.24) is 9.97 Å². The van der Waals surface area contributed by atoms with Gasteiger partial charge >= 0.3 is 0 Å². The minimum atomic E-state index is -0.119. The van der Waals surface area contributed by atoms with E-state index >= 15 is 0 Å². The molecule has 0 bridgehead atoms. The number of carbonyl (C=O) groups is 1. The van der Waals surface area contributed by atoms with Crippen LogP contribution in [0.4, 0.5) is 5.69 Å². The number of imidazole rings is 1. The van der Waals surface area contributed by atoms with Crippen molar-refractivity contribution in [3.8, 4) is 34.4 Å². The van der Waals surface area contributed by atoms with Crippen LogP contribution in [0.15, 0.2) is 69.0 Å². The Balaban J connectivity index is 1.40. The lowest BCUT2D eigenvalue weighted by atomic mass is 10.2. The molecule has 0 fully saturated rings. The SMILES string of the molecule is COc1cc(NC(=O)CCSc2nc(-c3ccco3)c(-c3ccco3)[nH]2)cc(OC)c1. The number of furan rings is 2. The van der Waals surface area contributed by atoms with E-state index in [1.54, 1.807) is 51.0 Å². The van der Waals surface area contributed by atoms with Crippen molar-refractivity contribution in [2.45, 2.75) is 11.6 Å². The average molecular weight is 439 g/mol. The number of nitrogens with zero attached hydrogens (tertiary/aromatic N) is 1. The number of aromatic amines is 1. The van der Waals surface area contributed by atoms with Gasteiger partial charge < -0.3 is 28.6 Å². The summed E-state index contributed by atoms with van der Waals surface area (Å²) in [6.07, 6.45) is 3.50. The number of hydrogen-bond donors (Lipinski definition) is 2. The van der Waals surface area contributed by atoms with Gasteiger partial charge in [-0.05, 0) is 24.3 Å². The predicted octanol–water partition coefficient (Wildman–Crippen LogP) is 5.07. The normalized spacial score (nSPS) is 10.8. The third-order valence-electron chi connectivity index (χ3n) is 4.41. The number of carbonyl (C=O) groups excluding carboxylic acids is 1. The molecule has 1 aromatic carbocycles. The van der Waals surface area contributed by atoms with Crippen molar-refractivity contribution in [3.05, 3.63) is 55.0 Å². The zero-order valence-corrected chi connectivity index (χ0v) is 17.8. The molecule has 31 heavy (non-hydrogen) atoms. The molecule has 0 aliphatic carbocycles. The average Bonchev–Trinajstić information content (AvgIpc) is 3.54. The van der Waals surface area contributed by atoms with Crippen molar-refractivity contribution < 1.29 is 23.1 Å². The van der Waals surface area contributed by atoms with Crippen molar-refractivity contribution in [2.24, 2.45) is 0 Å². The summed E-state index contributed by atoms with van der Waals surface area (Å²) in [5.41, 5.74) is 2.01. The van der Waals surface area contributed by atoms with Gasteiger partial charge in [-0.3, -0.25) is 4.79 Å². The first-order valence-electron chi connectivity index (χ1n) is 9.49. The van der Waals surface area contributed by atoms with E-state index < -0.39 is 0 Å². The lowest BCUT2D eigenvalue weighted by Gasteiger charge is -2.09. The molecule has 160 valence electrons. The zero-order chi connectivity index (χ0) is 21.6. The van der Waals surface area contributed by atoms with E-state index in [0.29, 0.717) is 51.7 Å². The molecule has 8 nitrogen and oxygen atoms in total. The van der Waals surface area contributed by atoms with Crippen molar-refractivity contribution in [1.29, 1.82) is 0 Å². The first kappa shape index (κ1) is 20.7. The quantitative estimate of drug-likeness (QED) is 0.351. The second kappa shape index (κ2) is 9.48. The van der Waals surface area contributed by atoms with Gasteiger partial charge in [0.25, 0.3) is 0 Å². The van der Waals surface area contributed by atoms with Crippen LogP contribution in [0.25, 0.3) is 22.9 Å². The number of benzene rings is 1. The fourth-order valence-corrected chi connectivity index (χ4v) is 3.76. The van der Waals surface area contributed by atoms with E-state index in [0.717, 1.165) is 5.69 Å². The van der Waals surface area contributed by atoms with Crippen molar-refractivity contribution >= 4 is 23.4 Å². The van der Waals surface area contributed by atoms with E-state index in [-0.39, 0.29) is 5.91 Å². The number of methoxy groups -OCH3 is 2. The third kappa shape index (κ3) is 4.95. The van der Waals surface area contributed by atoms with Gasteiger partial charge in [0.2, 0.25) is 5.91 Å². The summed E-state index contributed by atoms with van der Waals surface area (Å²) in [5.74, 6) is 2.93. The molecule has 9 heteroatoms. The van der Waals surface area contributed by atoms with Gasteiger partial charge in [0.15, 0.2) is 16.7 Å². The summed E-state index contributed by atoms with van der Waals surface area (Å²) >= 11 is 1.44. The first-order valence-corrected chi connectivity index (χ1v) is 10.5. The highest BCUT2D eigenvalue weighted by Crippen LogP contribution is 2.33. The second-order valence-electron chi connectivity index (χ2n) is 6.47. The lowest BCUT2D eigenvalue weighted by Crippen LogP contribution is -2.12. The monoisotopic (exact) mass is 439 g/mol. The molecule has 0 aliphatic rings. The maximum Gasteiger partial charge on any atom is 0.225 e. The topological polar surface area (TPSA) is 103 Å². The summed E-state index contributed by atoms with van der Waals surface area (Å²) < 4.78 is 21.5. The Morgan fingerprint density at radius 3 is 2.35 bits per heavy atom. The number of thioether (sulfide) groups is 1. The van der Waals surface area contributed by atoms with Gasteiger partial charge in [-0.2, -0.15) is 0 Å². The van der Waals surface area contributed by atoms with Crippen LogP contribution in [0.2, 0.25) is 0 Å². The fraction of sp³-hybridized carbons (Fsp3) is 0.182. The third-order valence-corrected chi connectivity index (χ3v) is 5.28. The molecule has 0 unspecified atom stereocenters. The molecular weight excluding hydrogens is 418 g/mol. The Labute approximate surface area is 183 Å². The molecule has 0 saturated carbocycles. The number of rotatable bonds is 9. The van der Waals surface area contributed by atoms with E-state index in [9.17, 15) is 4.79 Å². The highest BCUT2D eigenvalue weighted by molar-refractivity contribution is 7.99. The summed E-state index contributed by atoms with van der Waals surface area (Å²) in [6.45, 7) is 0. The zero-order valence-electron chi connectivity index (χ0n) is 17.0. The van der Waals surface area contributed by atoms with Gasteiger partial charge in [0.05, 0.1) is 26.7 Å². The number of H-pyrrole nitrogens is 1. The Bertz CT molecular complexity index is 1060. The van der Waals surface area contributed by atoms with Gasteiger partial charge in [-0.25, -0.2) is 4.98 Å². The van der Waals surface area contributed by atoms with Gasteiger partial charge in [0, 0.05) is 36.1 Å². The van der Waals surface area contributed by atoms with Gasteiger partial charge in [-0.1, -0.05) is 11.8 Å². The highest BCUT2D eigenvalue weighted by atomic mass is 32.2. The Morgan fingerprint density at radius 1 is 1.06 bits per heavy atom. The minimum absolute atomic E-state index is 0.119. The van der Waals surface area contributed by atoms with E-state index in [4.69, 9.17) is 18.3 Å². The molecule has 4 rings (SSSR count). The molecule has 1 amide bonds. The van der Waals surface area contributed by atoms with E-state index in [1.807, 2.05) is 18.2 Å². The van der Waals surface area contributed by atoms with Crippen LogP contribution in [-0.2, 0) is 4.79 Å². The van der Waals surface area contributed by atoms with Gasteiger partial charge in [0.1, 0.15) is 22.9 Å². The molecule has 2 N–H and O–H groups in total.